The van der Waals surface area contributed by atoms with Crippen LogP contribution in [0.2, 0.25) is 0 Å². The van der Waals surface area contributed by atoms with E-state index in [1.807, 2.05) is 0 Å². The SMILES string of the molecule is O=C(Nc1ccc(C(F)(F)F)cc1)C1(C(=O)NC2CCS(=O)(=O)C2)CC1. The van der Waals surface area contributed by atoms with Crippen LogP contribution in [0.3, 0.4) is 0 Å². The largest absolute Gasteiger partial charge is 0.416 e. The molecule has 1 heterocycles. The van der Waals surface area contributed by atoms with E-state index in [4.69, 9.17) is 0 Å². The molecule has 1 atom stereocenters. The van der Waals surface area contributed by atoms with Gasteiger partial charge in [0.05, 0.1) is 17.1 Å². The molecule has 10 heteroatoms. The van der Waals surface area contributed by atoms with E-state index >= 15 is 0 Å². The average Bonchev–Trinajstić information content (AvgIpc) is 3.28. The molecule has 1 unspecified atom stereocenters. The van der Waals surface area contributed by atoms with Crippen LogP contribution < -0.4 is 10.6 Å². The van der Waals surface area contributed by atoms with Crippen molar-refractivity contribution in [1.82, 2.24) is 5.32 Å². The van der Waals surface area contributed by atoms with Crippen LogP contribution in [-0.4, -0.2) is 37.8 Å². The highest BCUT2D eigenvalue weighted by Crippen LogP contribution is 2.47. The number of sulfone groups is 1. The second kappa shape index (κ2) is 6.26. The maximum absolute atomic E-state index is 12.6. The van der Waals surface area contributed by atoms with Gasteiger partial charge in [-0.3, -0.25) is 9.59 Å². The van der Waals surface area contributed by atoms with Gasteiger partial charge in [-0.1, -0.05) is 0 Å². The first-order valence-corrected chi connectivity index (χ1v) is 9.84. The summed E-state index contributed by atoms with van der Waals surface area (Å²) in [4.78, 5) is 24.8. The van der Waals surface area contributed by atoms with Gasteiger partial charge in [0.15, 0.2) is 9.84 Å². The lowest BCUT2D eigenvalue weighted by atomic mass is 10.0. The summed E-state index contributed by atoms with van der Waals surface area (Å²) in [5.41, 5.74) is -1.96. The Morgan fingerprint density at radius 1 is 1.08 bits per heavy atom. The maximum atomic E-state index is 12.6. The molecule has 2 amide bonds. The Labute approximate surface area is 148 Å². The van der Waals surface area contributed by atoms with E-state index in [0.29, 0.717) is 19.3 Å². The van der Waals surface area contributed by atoms with E-state index in [2.05, 4.69) is 10.6 Å². The molecule has 1 aromatic rings. The second-order valence-corrected chi connectivity index (χ2v) is 8.91. The van der Waals surface area contributed by atoms with Crippen molar-refractivity contribution in [3.05, 3.63) is 29.8 Å². The first-order chi connectivity index (χ1) is 12.0. The molecule has 0 radical (unpaired) electrons. The monoisotopic (exact) mass is 390 g/mol. The van der Waals surface area contributed by atoms with Gasteiger partial charge in [0.1, 0.15) is 5.41 Å². The third-order valence-electron chi connectivity index (χ3n) is 4.66. The Bertz CT molecular complexity index is 830. The van der Waals surface area contributed by atoms with Crippen LogP contribution >= 0.6 is 0 Å². The van der Waals surface area contributed by atoms with Gasteiger partial charge in [0, 0.05) is 11.7 Å². The zero-order valence-corrected chi connectivity index (χ0v) is 14.4. The molecule has 142 valence electrons. The normalized spacial score (nSPS) is 23.3. The Hall–Kier alpha value is -2.10. The van der Waals surface area contributed by atoms with Crippen LogP contribution in [0, 0.1) is 5.41 Å². The summed E-state index contributed by atoms with van der Waals surface area (Å²) in [6.45, 7) is 0. The average molecular weight is 390 g/mol. The van der Waals surface area contributed by atoms with Crippen LogP contribution in [0.25, 0.3) is 0 Å². The van der Waals surface area contributed by atoms with Gasteiger partial charge in [-0.05, 0) is 43.5 Å². The van der Waals surface area contributed by atoms with Crippen LogP contribution in [0.15, 0.2) is 24.3 Å². The Morgan fingerprint density at radius 2 is 1.69 bits per heavy atom. The fourth-order valence-corrected chi connectivity index (χ4v) is 4.58. The summed E-state index contributed by atoms with van der Waals surface area (Å²) in [6, 6.07) is 3.43. The van der Waals surface area contributed by atoms with Crippen LogP contribution in [0.5, 0.6) is 0 Å². The quantitative estimate of drug-likeness (QED) is 0.766. The number of hydrogen-bond acceptors (Lipinski definition) is 4. The number of carbonyl (C=O) groups excluding carboxylic acids is 2. The van der Waals surface area contributed by atoms with Gasteiger partial charge in [-0.25, -0.2) is 8.42 Å². The molecule has 1 saturated carbocycles. The number of halogens is 3. The van der Waals surface area contributed by atoms with Crippen molar-refractivity contribution in [2.45, 2.75) is 31.5 Å². The van der Waals surface area contributed by atoms with E-state index in [9.17, 15) is 31.2 Å². The molecule has 1 aliphatic carbocycles. The summed E-state index contributed by atoms with van der Waals surface area (Å²) >= 11 is 0. The highest BCUT2D eigenvalue weighted by Gasteiger charge is 2.57. The topological polar surface area (TPSA) is 92.3 Å². The van der Waals surface area contributed by atoms with Gasteiger partial charge in [0.25, 0.3) is 0 Å². The first kappa shape index (κ1) is 18.7. The molecule has 3 rings (SSSR count). The van der Waals surface area contributed by atoms with Gasteiger partial charge < -0.3 is 10.6 Å². The van der Waals surface area contributed by atoms with Crippen molar-refractivity contribution in [3.63, 3.8) is 0 Å². The Morgan fingerprint density at radius 3 is 2.15 bits per heavy atom. The Kier molecular flexibility index (Phi) is 4.50. The zero-order valence-electron chi connectivity index (χ0n) is 13.6. The maximum Gasteiger partial charge on any atom is 0.416 e. The van der Waals surface area contributed by atoms with E-state index < -0.39 is 44.8 Å². The number of rotatable bonds is 4. The predicted octanol–water partition coefficient (Wildman–Crippen LogP) is 1.73. The van der Waals surface area contributed by atoms with Gasteiger partial charge >= 0.3 is 6.18 Å². The predicted molar refractivity (Wildman–Crippen MR) is 86.9 cm³/mol. The lowest BCUT2D eigenvalue weighted by Crippen LogP contribution is -2.45. The summed E-state index contributed by atoms with van der Waals surface area (Å²) in [5.74, 6) is -1.28. The van der Waals surface area contributed by atoms with Gasteiger partial charge in [0.2, 0.25) is 11.8 Å². The van der Waals surface area contributed by atoms with Gasteiger partial charge in [-0.15, -0.1) is 0 Å². The number of benzene rings is 1. The molecule has 2 fully saturated rings. The molecule has 0 aromatic heterocycles. The molecule has 2 aliphatic rings. The standard InChI is InChI=1S/C16H17F3N2O4S/c17-16(18,19)10-1-3-11(4-2-10)20-13(22)15(6-7-15)14(23)21-12-5-8-26(24,25)9-12/h1-4,12H,5-9H2,(H,20,22)(H,21,23). The van der Waals surface area contributed by atoms with E-state index in [0.717, 1.165) is 24.3 Å². The molecule has 0 spiro atoms. The number of nitrogens with one attached hydrogen (secondary N) is 2. The summed E-state index contributed by atoms with van der Waals surface area (Å²) in [5, 5.41) is 5.07. The molecule has 6 nitrogen and oxygen atoms in total. The minimum absolute atomic E-state index is 0.00268. The fourth-order valence-electron chi connectivity index (χ4n) is 2.91. The van der Waals surface area contributed by atoms with Crippen molar-refractivity contribution in [1.29, 1.82) is 0 Å². The molecule has 2 N–H and O–H groups in total. The minimum atomic E-state index is -4.47. The first-order valence-electron chi connectivity index (χ1n) is 8.02. The summed E-state index contributed by atoms with van der Waals surface area (Å²) < 4.78 is 60.6. The van der Waals surface area contributed by atoms with Crippen molar-refractivity contribution in [2.75, 3.05) is 16.8 Å². The van der Waals surface area contributed by atoms with Crippen LogP contribution in [-0.2, 0) is 25.6 Å². The van der Waals surface area contributed by atoms with Gasteiger partial charge in [-0.2, -0.15) is 13.2 Å². The highest BCUT2D eigenvalue weighted by molar-refractivity contribution is 7.91. The Balaban J connectivity index is 1.63. The van der Waals surface area contributed by atoms with Crippen molar-refractivity contribution >= 4 is 27.3 Å². The summed E-state index contributed by atoms with van der Waals surface area (Å²) in [6.07, 6.45) is -3.54. The third kappa shape index (κ3) is 3.84. The molecule has 0 bridgehead atoms. The highest BCUT2D eigenvalue weighted by atomic mass is 32.2. The fraction of sp³-hybridized carbons (Fsp3) is 0.500. The lowest BCUT2D eigenvalue weighted by Gasteiger charge is -2.18. The van der Waals surface area contributed by atoms with Crippen molar-refractivity contribution in [2.24, 2.45) is 5.41 Å². The van der Waals surface area contributed by atoms with E-state index in [1.165, 1.54) is 0 Å². The zero-order chi connectivity index (χ0) is 19.2. The van der Waals surface area contributed by atoms with Crippen LogP contribution in [0.4, 0.5) is 18.9 Å². The number of amides is 2. The smallest absolute Gasteiger partial charge is 0.351 e. The number of anilines is 1. The molecule has 1 aromatic carbocycles. The molecular formula is C16H17F3N2O4S. The van der Waals surface area contributed by atoms with E-state index in [1.54, 1.807) is 0 Å². The van der Waals surface area contributed by atoms with E-state index in [-0.39, 0.29) is 17.2 Å². The second-order valence-electron chi connectivity index (χ2n) is 6.68. The molecule has 1 saturated heterocycles. The molecule has 1 aliphatic heterocycles. The number of hydrogen-bond donors (Lipinski definition) is 2. The van der Waals surface area contributed by atoms with Crippen molar-refractivity contribution in [3.8, 4) is 0 Å². The van der Waals surface area contributed by atoms with Crippen molar-refractivity contribution < 1.29 is 31.2 Å². The number of carbonyl (C=O) groups is 2. The lowest BCUT2D eigenvalue weighted by molar-refractivity contribution is -0.137. The summed E-state index contributed by atoms with van der Waals surface area (Å²) in [7, 11) is -3.16. The minimum Gasteiger partial charge on any atom is -0.351 e. The van der Waals surface area contributed by atoms with Crippen LogP contribution in [0.1, 0.15) is 24.8 Å². The number of alkyl halides is 3. The molecule has 26 heavy (non-hydrogen) atoms. The third-order valence-corrected chi connectivity index (χ3v) is 6.42. The molecular weight excluding hydrogens is 373 g/mol.